The van der Waals surface area contributed by atoms with E-state index < -0.39 is 23.5 Å². The van der Waals surface area contributed by atoms with E-state index in [4.69, 9.17) is 10.2 Å². The van der Waals surface area contributed by atoms with Crippen LogP contribution in [0.4, 0.5) is 0 Å². The van der Waals surface area contributed by atoms with E-state index >= 15 is 0 Å². The van der Waals surface area contributed by atoms with E-state index in [1.165, 1.54) is 20.8 Å². The van der Waals surface area contributed by atoms with Crippen LogP contribution in [0.5, 0.6) is 0 Å². The van der Waals surface area contributed by atoms with Crippen LogP contribution in [0.15, 0.2) is 0 Å². The number of halogens is 1. The SMILES string of the molecule is CC(C(=O)O)N(Br)C(C)(C)C(=O)O. The number of carboxylic acids is 2. The van der Waals surface area contributed by atoms with Crippen molar-refractivity contribution in [3.05, 3.63) is 0 Å². The summed E-state index contributed by atoms with van der Waals surface area (Å²) in [6, 6.07) is -0.897. The number of hydrogen-bond donors (Lipinski definition) is 2. The Labute approximate surface area is 84.7 Å². The van der Waals surface area contributed by atoms with Gasteiger partial charge in [-0.3, -0.25) is 9.59 Å². The van der Waals surface area contributed by atoms with Crippen molar-refractivity contribution in [3.63, 3.8) is 0 Å². The minimum Gasteiger partial charge on any atom is -0.480 e. The Morgan fingerprint density at radius 1 is 1.38 bits per heavy atom. The molecule has 0 amide bonds. The summed E-state index contributed by atoms with van der Waals surface area (Å²) in [6.07, 6.45) is 0. The molecule has 0 spiro atoms. The van der Waals surface area contributed by atoms with Crippen LogP contribution < -0.4 is 0 Å². The predicted octanol–water partition coefficient (Wildman–Crippen LogP) is 0.935. The predicted molar refractivity (Wildman–Crippen MR) is 49.6 cm³/mol. The van der Waals surface area contributed by atoms with Gasteiger partial charge in [-0.25, -0.2) is 3.93 Å². The minimum absolute atomic E-state index is 0.897. The molecule has 0 heterocycles. The highest BCUT2D eigenvalue weighted by Crippen LogP contribution is 2.22. The zero-order chi connectivity index (χ0) is 10.8. The first kappa shape index (κ1) is 12.4. The molecule has 1 unspecified atom stereocenters. The first-order chi connectivity index (χ1) is 5.71. The average Bonchev–Trinajstić information content (AvgIpc) is 2.01. The zero-order valence-electron chi connectivity index (χ0n) is 7.61. The molecule has 0 aromatic rings. The lowest BCUT2D eigenvalue weighted by Gasteiger charge is -2.31. The lowest BCUT2D eigenvalue weighted by atomic mass is 10.1. The fourth-order valence-corrected chi connectivity index (χ4v) is 0.999. The highest BCUT2D eigenvalue weighted by atomic mass is 79.9. The first-order valence-electron chi connectivity index (χ1n) is 3.62. The van der Waals surface area contributed by atoms with E-state index in [0.717, 1.165) is 3.93 Å². The van der Waals surface area contributed by atoms with Gasteiger partial charge in [0.25, 0.3) is 0 Å². The third-order valence-electron chi connectivity index (χ3n) is 1.75. The molecular weight excluding hydrogens is 242 g/mol. The molecule has 0 bridgehead atoms. The van der Waals surface area contributed by atoms with Crippen LogP contribution in [0.1, 0.15) is 20.8 Å². The van der Waals surface area contributed by atoms with Crippen molar-refractivity contribution in [2.45, 2.75) is 32.4 Å². The van der Waals surface area contributed by atoms with E-state index in [1.54, 1.807) is 0 Å². The van der Waals surface area contributed by atoms with Gasteiger partial charge in [0.05, 0.1) is 0 Å². The largest absolute Gasteiger partial charge is 0.480 e. The van der Waals surface area contributed by atoms with Gasteiger partial charge in [-0.1, -0.05) is 0 Å². The Hall–Kier alpha value is -0.620. The maximum absolute atomic E-state index is 10.7. The summed E-state index contributed by atoms with van der Waals surface area (Å²) in [7, 11) is 0. The summed E-state index contributed by atoms with van der Waals surface area (Å²) in [4.78, 5) is 21.3. The normalized spacial score (nSPS) is 14.2. The molecule has 0 radical (unpaired) electrons. The summed E-state index contributed by atoms with van der Waals surface area (Å²) in [5.74, 6) is -2.16. The average molecular weight is 254 g/mol. The lowest BCUT2D eigenvalue weighted by molar-refractivity contribution is -0.150. The minimum atomic E-state index is -1.25. The van der Waals surface area contributed by atoms with Crippen LogP contribution in [-0.4, -0.2) is 37.7 Å². The molecule has 0 aromatic carbocycles. The molecule has 0 aliphatic heterocycles. The van der Waals surface area contributed by atoms with Gasteiger partial charge in [0.1, 0.15) is 11.6 Å². The van der Waals surface area contributed by atoms with Crippen LogP contribution in [0.25, 0.3) is 0 Å². The Kier molecular flexibility index (Phi) is 3.87. The van der Waals surface area contributed by atoms with Crippen molar-refractivity contribution >= 4 is 28.1 Å². The molecule has 0 aromatic heterocycles. The maximum Gasteiger partial charge on any atom is 0.324 e. The zero-order valence-corrected chi connectivity index (χ0v) is 9.20. The molecule has 0 saturated carbocycles. The van der Waals surface area contributed by atoms with Crippen molar-refractivity contribution < 1.29 is 19.8 Å². The van der Waals surface area contributed by atoms with Crippen LogP contribution in [-0.2, 0) is 9.59 Å². The molecule has 76 valence electrons. The summed E-state index contributed by atoms with van der Waals surface area (Å²) >= 11 is 2.94. The highest BCUT2D eigenvalue weighted by molar-refractivity contribution is 9.07. The Morgan fingerprint density at radius 3 is 2.00 bits per heavy atom. The molecule has 13 heavy (non-hydrogen) atoms. The molecule has 0 aliphatic carbocycles. The van der Waals surface area contributed by atoms with Crippen molar-refractivity contribution in [1.82, 2.24) is 3.93 Å². The van der Waals surface area contributed by atoms with Crippen molar-refractivity contribution in [3.8, 4) is 0 Å². The quantitative estimate of drug-likeness (QED) is 0.730. The molecule has 2 N–H and O–H groups in total. The number of nitrogens with zero attached hydrogens (tertiary/aromatic N) is 1. The molecule has 0 saturated heterocycles. The van der Waals surface area contributed by atoms with E-state index in [2.05, 4.69) is 16.1 Å². The Morgan fingerprint density at radius 2 is 1.77 bits per heavy atom. The van der Waals surface area contributed by atoms with Crippen molar-refractivity contribution in [2.75, 3.05) is 0 Å². The van der Waals surface area contributed by atoms with E-state index in [9.17, 15) is 9.59 Å². The molecule has 0 aliphatic rings. The first-order valence-corrected chi connectivity index (χ1v) is 4.33. The van der Waals surface area contributed by atoms with Crippen LogP contribution in [0, 0.1) is 0 Å². The van der Waals surface area contributed by atoms with Crippen LogP contribution in [0.2, 0.25) is 0 Å². The topological polar surface area (TPSA) is 77.8 Å². The molecule has 5 nitrogen and oxygen atoms in total. The van der Waals surface area contributed by atoms with E-state index in [-0.39, 0.29) is 0 Å². The standard InChI is InChI=1S/C7H12BrNO4/c1-4(5(10)11)9(8)7(2,3)6(12)13/h4H,1-3H3,(H,10,11)(H,12,13). The van der Waals surface area contributed by atoms with Crippen LogP contribution in [0.3, 0.4) is 0 Å². The fraction of sp³-hybridized carbons (Fsp3) is 0.714. The number of carbonyl (C=O) groups is 2. The van der Waals surface area contributed by atoms with Gasteiger partial charge in [0.15, 0.2) is 0 Å². The third kappa shape index (κ3) is 2.67. The second kappa shape index (κ2) is 4.06. The second-order valence-electron chi connectivity index (χ2n) is 3.19. The Bertz CT molecular complexity index is 229. The Balaban J connectivity index is 4.67. The van der Waals surface area contributed by atoms with Gasteiger partial charge in [0.2, 0.25) is 0 Å². The maximum atomic E-state index is 10.7. The highest BCUT2D eigenvalue weighted by Gasteiger charge is 2.38. The lowest BCUT2D eigenvalue weighted by Crippen LogP contribution is -2.50. The van der Waals surface area contributed by atoms with Gasteiger partial charge in [0, 0.05) is 16.1 Å². The van der Waals surface area contributed by atoms with Gasteiger partial charge in [-0.05, 0) is 20.8 Å². The summed E-state index contributed by atoms with van der Waals surface area (Å²) in [5, 5.41) is 17.4. The smallest absolute Gasteiger partial charge is 0.324 e. The summed E-state index contributed by atoms with van der Waals surface area (Å²) in [6.45, 7) is 4.24. The van der Waals surface area contributed by atoms with Gasteiger partial charge >= 0.3 is 11.9 Å². The number of hydrogen-bond acceptors (Lipinski definition) is 3. The van der Waals surface area contributed by atoms with Crippen LogP contribution >= 0.6 is 16.1 Å². The van der Waals surface area contributed by atoms with E-state index in [0.29, 0.717) is 0 Å². The second-order valence-corrected chi connectivity index (χ2v) is 3.95. The number of carboxylic acid groups (broad SMARTS) is 2. The third-order valence-corrected chi connectivity index (χ3v) is 3.26. The summed E-state index contributed by atoms with van der Waals surface area (Å²) in [5.41, 5.74) is -1.25. The molecule has 0 rings (SSSR count). The van der Waals surface area contributed by atoms with Crippen molar-refractivity contribution in [1.29, 1.82) is 0 Å². The van der Waals surface area contributed by atoms with Gasteiger partial charge in [-0.2, -0.15) is 0 Å². The molecule has 1 atom stereocenters. The molecule has 6 heteroatoms. The van der Waals surface area contributed by atoms with Crippen molar-refractivity contribution in [2.24, 2.45) is 0 Å². The van der Waals surface area contributed by atoms with E-state index in [1.807, 2.05) is 0 Å². The summed E-state index contributed by atoms with van der Waals surface area (Å²) < 4.78 is 1.12. The monoisotopic (exact) mass is 253 g/mol. The molecule has 0 fully saturated rings. The van der Waals surface area contributed by atoms with Gasteiger partial charge in [-0.15, -0.1) is 0 Å². The molecular formula is C7H12BrNO4. The number of aliphatic carboxylic acids is 2. The number of rotatable bonds is 4. The fourth-order valence-electron chi connectivity index (χ4n) is 0.672. The van der Waals surface area contributed by atoms with Gasteiger partial charge < -0.3 is 10.2 Å².